The monoisotopic (exact) mass is 528 g/mol. The van der Waals surface area contributed by atoms with Crippen LogP contribution >= 0.6 is 34.5 Å². The summed E-state index contributed by atoms with van der Waals surface area (Å²) in [6.45, 7) is 4.13. The summed E-state index contributed by atoms with van der Waals surface area (Å²) in [7, 11) is 0. The maximum absolute atomic E-state index is 13.0. The summed E-state index contributed by atoms with van der Waals surface area (Å²) in [6, 6.07) is 10.3. The van der Waals surface area contributed by atoms with E-state index >= 15 is 0 Å². The van der Waals surface area contributed by atoms with Crippen molar-refractivity contribution < 1.29 is 18.7 Å². The molecule has 0 saturated heterocycles. The minimum Gasteiger partial charge on any atom is -0.462 e. The van der Waals surface area contributed by atoms with E-state index in [-0.39, 0.29) is 17.9 Å². The smallest absolute Gasteiger partial charge is 0.341 e. The number of anilines is 1. The fourth-order valence-corrected chi connectivity index (χ4v) is 5.99. The van der Waals surface area contributed by atoms with Gasteiger partial charge in [0, 0.05) is 11.0 Å². The normalized spacial score (nSPS) is 15.3. The van der Waals surface area contributed by atoms with E-state index in [9.17, 15) is 14.9 Å². The third kappa shape index (κ3) is 5.30. The summed E-state index contributed by atoms with van der Waals surface area (Å²) in [5, 5.41) is 13.6. The lowest BCUT2D eigenvalue weighted by Gasteiger charge is -2.18. The van der Waals surface area contributed by atoms with Crippen molar-refractivity contribution in [3.05, 3.63) is 67.7 Å². The van der Waals surface area contributed by atoms with Gasteiger partial charge in [0.2, 0.25) is 0 Å². The molecule has 1 aliphatic rings. The van der Waals surface area contributed by atoms with Gasteiger partial charge in [0.25, 0.3) is 5.91 Å². The molecule has 0 aliphatic heterocycles. The first-order valence-electron chi connectivity index (χ1n) is 11.1. The van der Waals surface area contributed by atoms with Crippen LogP contribution in [-0.2, 0) is 22.4 Å². The lowest BCUT2D eigenvalue weighted by molar-refractivity contribution is -0.112. The predicted molar refractivity (Wildman–Crippen MR) is 138 cm³/mol. The Bertz CT molecular complexity index is 1350. The van der Waals surface area contributed by atoms with Crippen molar-refractivity contribution in [1.29, 1.82) is 5.26 Å². The van der Waals surface area contributed by atoms with E-state index in [1.54, 1.807) is 37.3 Å². The van der Waals surface area contributed by atoms with E-state index in [0.29, 0.717) is 37.9 Å². The second-order valence-corrected chi connectivity index (χ2v) is 10.1. The fraction of sp³-hybridized carbons (Fsp3) is 0.269. The Morgan fingerprint density at radius 3 is 2.71 bits per heavy atom. The first-order chi connectivity index (χ1) is 16.8. The Kier molecular flexibility index (Phi) is 7.66. The van der Waals surface area contributed by atoms with Crippen LogP contribution in [0, 0.1) is 17.2 Å². The number of amides is 1. The molecule has 0 spiro atoms. The van der Waals surface area contributed by atoms with Crippen LogP contribution in [0.3, 0.4) is 0 Å². The molecule has 0 fully saturated rings. The number of hydrogen-bond donors (Lipinski definition) is 1. The molecule has 4 rings (SSSR count). The molecule has 6 nitrogen and oxygen atoms in total. The molecule has 9 heteroatoms. The average molecular weight is 529 g/mol. The Hall–Kier alpha value is -3.05. The van der Waals surface area contributed by atoms with Gasteiger partial charge in [-0.25, -0.2) is 4.79 Å². The third-order valence-electron chi connectivity index (χ3n) is 5.71. The van der Waals surface area contributed by atoms with Gasteiger partial charge in [-0.05, 0) is 61.9 Å². The summed E-state index contributed by atoms with van der Waals surface area (Å²) < 4.78 is 11.0. The van der Waals surface area contributed by atoms with Gasteiger partial charge in [0.15, 0.2) is 0 Å². The molecule has 1 aliphatic carbocycles. The van der Waals surface area contributed by atoms with Gasteiger partial charge in [-0.1, -0.05) is 36.2 Å². The second-order valence-electron chi connectivity index (χ2n) is 8.20. The maximum atomic E-state index is 13.0. The van der Waals surface area contributed by atoms with E-state index in [1.807, 2.05) is 6.07 Å². The van der Waals surface area contributed by atoms with Gasteiger partial charge < -0.3 is 14.5 Å². The summed E-state index contributed by atoms with van der Waals surface area (Å²) in [6.07, 6.45) is 3.88. The number of nitrogens with one attached hydrogen (secondary N) is 1. The van der Waals surface area contributed by atoms with Gasteiger partial charge in [-0.2, -0.15) is 5.26 Å². The molecule has 1 amide bonds. The number of esters is 1. The molecule has 2 heterocycles. The van der Waals surface area contributed by atoms with Crippen molar-refractivity contribution in [3.8, 4) is 17.4 Å². The number of furan rings is 1. The largest absolute Gasteiger partial charge is 0.462 e. The minimum atomic E-state index is -0.640. The van der Waals surface area contributed by atoms with Crippen LogP contribution in [0.2, 0.25) is 10.0 Å². The molecule has 180 valence electrons. The van der Waals surface area contributed by atoms with Gasteiger partial charge in [-0.3, -0.25) is 4.79 Å². The van der Waals surface area contributed by atoms with Gasteiger partial charge >= 0.3 is 5.97 Å². The quantitative estimate of drug-likeness (QED) is 0.208. The highest BCUT2D eigenvalue weighted by Gasteiger charge is 2.29. The second kappa shape index (κ2) is 10.7. The first kappa shape index (κ1) is 25.1. The number of nitrogens with zero attached hydrogens (tertiary/aromatic N) is 1. The van der Waals surface area contributed by atoms with Crippen molar-refractivity contribution in [2.45, 2.75) is 33.1 Å². The number of ether oxygens (including phenoxy) is 1. The van der Waals surface area contributed by atoms with Crippen LogP contribution < -0.4 is 5.32 Å². The van der Waals surface area contributed by atoms with E-state index in [0.717, 1.165) is 29.7 Å². The number of thiophene rings is 1. The highest BCUT2D eigenvalue weighted by Crippen LogP contribution is 2.40. The highest BCUT2D eigenvalue weighted by atomic mass is 35.5. The number of benzene rings is 1. The lowest BCUT2D eigenvalue weighted by Crippen LogP contribution is -2.17. The van der Waals surface area contributed by atoms with E-state index < -0.39 is 11.9 Å². The van der Waals surface area contributed by atoms with Gasteiger partial charge in [0.05, 0.1) is 27.8 Å². The zero-order valence-corrected chi connectivity index (χ0v) is 21.4. The Morgan fingerprint density at radius 1 is 1.29 bits per heavy atom. The molecule has 3 aromatic rings. The fourth-order valence-electron chi connectivity index (χ4n) is 4.02. The summed E-state index contributed by atoms with van der Waals surface area (Å²) in [5.41, 5.74) is 1.66. The molecule has 0 saturated carbocycles. The van der Waals surface area contributed by atoms with Crippen LogP contribution in [0.5, 0.6) is 0 Å². The molecule has 35 heavy (non-hydrogen) atoms. The standard InChI is InChI=1S/C26H22Cl2N2O4S/c1-3-33-26(32)22-17-9-7-14(2)11-21(17)35-25(22)30-24(31)15(13-29)12-16-8-10-20(34-16)23-18(27)5-4-6-19(23)28/h4-6,8,10,12,14H,3,7,9,11H2,1-2H3,(H,30,31)/b15-12+. The SMILES string of the molecule is CCOC(=O)c1c(NC(=O)/C(C#N)=C/c2ccc(-c3c(Cl)cccc3Cl)o2)sc2c1CCC(C)C2. The highest BCUT2D eigenvalue weighted by molar-refractivity contribution is 7.17. The molecule has 1 unspecified atom stereocenters. The van der Waals surface area contributed by atoms with Crippen molar-refractivity contribution in [3.63, 3.8) is 0 Å². The molecule has 0 bridgehead atoms. The lowest BCUT2D eigenvalue weighted by atomic mass is 9.88. The number of rotatable bonds is 6. The Balaban J connectivity index is 1.62. The molecule has 0 radical (unpaired) electrons. The van der Waals surface area contributed by atoms with Crippen molar-refractivity contribution in [2.75, 3.05) is 11.9 Å². The summed E-state index contributed by atoms with van der Waals surface area (Å²) in [4.78, 5) is 26.8. The zero-order chi connectivity index (χ0) is 25.1. The van der Waals surface area contributed by atoms with Crippen LogP contribution in [0.25, 0.3) is 17.4 Å². The summed E-state index contributed by atoms with van der Waals surface area (Å²) >= 11 is 13.9. The van der Waals surface area contributed by atoms with Crippen molar-refractivity contribution >= 4 is 57.5 Å². The van der Waals surface area contributed by atoms with E-state index in [1.165, 1.54) is 17.4 Å². The summed E-state index contributed by atoms with van der Waals surface area (Å²) in [5.74, 6) is 0.0823. The first-order valence-corrected chi connectivity index (χ1v) is 12.7. The third-order valence-corrected chi connectivity index (χ3v) is 7.51. The predicted octanol–water partition coefficient (Wildman–Crippen LogP) is 7.16. The van der Waals surface area contributed by atoms with Crippen LogP contribution in [0.15, 0.2) is 40.3 Å². The molecule has 1 aromatic carbocycles. The van der Waals surface area contributed by atoms with Crippen molar-refractivity contribution in [1.82, 2.24) is 0 Å². The molecule has 2 aromatic heterocycles. The van der Waals surface area contributed by atoms with Gasteiger partial charge in [0.1, 0.15) is 28.2 Å². The zero-order valence-electron chi connectivity index (χ0n) is 19.1. The van der Waals surface area contributed by atoms with E-state index in [4.69, 9.17) is 32.4 Å². The molecular weight excluding hydrogens is 507 g/mol. The minimum absolute atomic E-state index is 0.175. The number of carbonyl (C=O) groups is 2. The molecule has 1 N–H and O–H groups in total. The number of carbonyl (C=O) groups excluding carboxylic acids is 2. The Labute approximate surface area is 217 Å². The van der Waals surface area contributed by atoms with Crippen LogP contribution in [0.1, 0.15) is 46.8 Å². The van der Waals surface area contributed by atoms with E-state index in [2.05, 4.69) is 12.2 Å². The molecule has 1 atom stereocenters. The average Bonchev–Trinajstić information content (AvgIpc) is 3.41. The van der Waals surface area contributed by atoms with Crippen molar-refractivity contribution in [2.24, 2.45) is 5.92 Å². The van der Waals surface area contributed by atoms with Gasteiger partial charge in [-0.15, -0.1) is 11.3 Å². The number of fused-ring (bicyclic) bond motifs is 1. The topological polar surface area (TPSA) is 92.3 Å². The number of nitriles is 1. The number of hydrogen-bond acceptors (Lipinski definition) is 6. The molecular formula is C26H22Cl2N2O4S. The number of halogens is 2. The van der Waals surface area contributed by atoms with Crippen LogP contribution in [-0.4, -0.2) is 18.5 Å². The maximum Gasteiger partial charge on any atom is 0.341 e. The van der Waals surface area contributed by atoms with Crippen LogP contribution in [0.4, 0.5) is 5.00 Å². The Morgan fingerprint density at radius 2 is 2.03 bits per heavy atom.